The summed E-state index contributed by atoms with van der Waals surface area (Å²) in [7, 11) is 1.88. The smallest absolute Gasteiger partial charge is 0.193 e. The van der Waals surface area contributed by atoms with E-state index in [1.807, 2.05) is 11.6 Å². The maximum Gasteiger partial charge on any atom is 0.193 e. The standard InChI is InChI=1S/C16H27N7.HI/c1-17-16(18-7-2-3-8-21-13-19-20-14-21)23-11-6-15(12-23)22-9-4-5-10-22;/h4-5,13-15H,2-3,6-12H2,1H3,(H,17,18);1H. The number of nitrogens with zero attached hydrogens (tertiary/aromatic N) is 6. The molecule has 1 atom stereocenters. The molecular formula is C16H28IN7. The molecule has 0 amide bonds. The number of aliphatic imine (C=N–C) groups is 1. The zero-order valence-corrected chi connectivity index (χ0v) is 16.7. The first-order valence-electron chi connectivity index (χ1n) is 8.54. The second kappa shape index (κ2) is 9.97. The number of guanidine groups is 1. The van der Waals surface area contributed by atoms with E-state index in [1.54, 1.807) is 12.7 Å². The molecule has 2 aliphatic heterocycles. The molecule has 8 heteroatoms. The summed E-state index contributed by atoms with van der Waals surface area (Å²) < 4.78 is 2.02. The van der Waals surface area contributed by atoms with Gasteiger partial charge in [0, 0.05) is 52.4 Å². The van der Waals surface area contributed by atoms with Gasteiger partial charge in [0.25, 0.3) is 0 Å². The van der Waals surface area contributed by atoms with Gasteiger partial charge in [0.1, 0.15) is 12.7 Å². The van der Waals surface area contributed by atoms with Crippen LogP contribution in [0, 0.1) is 0 Å². The lowest BCUT2D eigenvalue weighted by molar-refractivity contribution is 0.259. The number of unbranched alkanes of at least 4 members (excludes halogenated alkanes) is 1. The number of aromatic nitrogens is 3. The van der Waals surface area contributed by atoms with Gasteiger partial charge in [-0.1, -0.05) is 12.2 Å². The van der Waals surface area contributed by atoms with Crippen LogP contribution in [0.5, 0.6) is 0 Å². The van der Waals surface area contributed by atoms with Gasteiger partial charge >= 0.3 is 0 Å². The maximum atomic E-state index is 4.45. The van der Waals surface area contributed by atoms with Gasteiger partial charge in [-0.3, -0.25) is 9.89 Å². The number of hydrogen-bond acceptors (Lipinski definition) is 4. The predicted molar refractivity (Wildman–Crippen MR) is 107 cm³/mol. The van der Waals surface area contributed by atoms with Crippen molar-refractivity contribution in [3.63, 3.8) is 0 Å². The largest absolute Gasteiger partial charge is 0.356 e. The minimum Gasteiger partial charge on any atom is -0.356 e. The Morgan fingerprint density at radius 1 is 1.21 bits per heavy atom. The highest BCUT2D eigenvalue weighted by molar-refractivity contribution is 14.0. The van der Waals surface area contributed by atoms with Crippen molar-refractivity contribution in [1.82, 2.24) is 29.9 Å². The molecule has 1 saturated heterocycles. The quantitative estimate of drug-likeness (QED) is 0.235. The first kappa shape index (κ1) is 19.2. The molecule has 0 bridgehead atoms. The summed E-state index contributed by atoms with van der Waals surface area (Å²) in [4.78, 5) is 9.39. The van der Waals surface area contributed by atoms with Crippen LogP contribution in [0.4, 0.5) is 0 Å². The first-order chi connectivity index (χ1) is 11.4. The highest BCUT2D eigenvalue weighted by Crippen LogP contribution is 2.17. The van der Waals surface area contributed by atoms with Crippen molar-refractivity contribution in [3.8, 4) is 0 Å². The Bertz CT molecular complexity index is 521. The summed E-state index contributed by atoms with van der Waals surface area (Å²) in [6.45, 7) is 6.33. The van der Waals surface area contributed by atoms with E-state index in [2.05, 4.69) is 42.5 Å². The van der Waals surface area contributed by atoms with E-state index in [9.17, 15) is 0 Å². The highest BCUT2D eigenvalue weighted by atomic mass is 127. The Morgan fingerprint density at radius 2 is 1.96 bits per heavy atom. The molecule has 2 aliphatic rings. The fourth-order valence-electron chi connectivity index (χ4n) is 3.31. The van der Waals surface area contributed by atoms with E-state index in [0.29, 0.717) is 6.04 Å². The molecule has 1 aromatic rings. The number of hydrogen-bond donors (Lipinski definition) is 1. The molecule has 0 spiro atoms. The van der Waals surface area contributed by atoms with Gasteiger partial charge < -0.3 is 14.8 Å². The van der Waals surface area contributed by atoms with Crippen molar-refractivity contribution in [3.05, 3.63) is 24.8 Å². The summed E-state index contributed by atoms with van der Waals surface area (Å²) in [6.07, 6.45) is 11.5. The Hall–Kier alpha value is -1.16. The zero-order valence-electron chi connectivity index (χ0n) is 14.3. The van der Waals surface area contributed by atoms with Crippen LogP contribution in [-0.2, 0) is 6.54 Å². The molecule has 1 N–H and O–H groups in total. The Kier molecular flexibility index (Phi) is 7.97. The van der Waals surface area contributed by atoms with Crippen LogP contribution < -0.4 is 5.32 Å². The molecule has 0 radical (unpaired) electrons. The van der Waals surface area contributed by atoms with Gasteiger partial charge in [0.2, 0.25) is 0 Å². The Morgan fingerprint density at radius 3 is 2.67 bits per heavy atom. The molecule has 7 nitrogen and oxygen atoms in total. The van der Waals surface area contributed by atoms with Gasteiger partial charge in [0.15, 0.2) is 5.96 Å². The molecular weight excluding hydrogens is 417 g/mol. The highest BCUT2D eigenvalue weighted by Gasteiger charge is 2.29. The lowest BCUT2D eigenvalue weighted by Crippen LogP contribution is -2.43. The average Bonchev–Trinajstić information content (AvgIpc) is 3.32. The SMILES string of the molecule is CN=C(NCCCCn1cnnc1)N1CCC(N2CC=CC2)C1.I. The first-order valence-corrected chi connectivity index (χ1v) is 8.54. The normalized spacial score (nSPS) is 21.3. The van der Waals surface area contributed by atoms with Gasteiger partial charge in [-0.2, -0.15) is 0 Å². The summed E-state index contributed by atoms with van der Waals surface area (Å²) in [6, 6.07) is 0.664. The zero-order chi connectivity index (χ0) is 15.9. The number of rotatable bonds is 6. The second-order valence-electron chi connectivity index (χ2n) is 6.19. The molecule has 24 heavy (non-hydrogen) atoms. The summed E-state index contributed by atoms with van der Waals surface area (Å²) >= 11 is 0. The van der Waals surface area contributed by atoms with E-state index in [0.717, 1.165) is 58.1 Å². The van der Waals surface area contributed by atoms with E-state index in [4.69, 9.17) is 0 Å². The number of aryl methyl sites for hydroxylation is 1. The van der Waals surface area contributed by atoms with Gasteiger partial charge in [-0.05, 0) is 19.3 Å². The van der Waals surface area contributed by atoms with Crippen LogP contribution in [0.2, 0.25) is 0 Å². The van der Waals surface area contributed by atoms with E-state index < -0.39 is 0 Å². The van der Waals surface area contributed by atoms with Crippen molar-refractivity contribution in [2.75, 3.05) is 39.8 Å². The van der Waals surface area contributed by atoms with Crippen molar-refractivity contribution in [1.29, 1.82) is 0 Å². The Balaban J connectivity index is 0.00000208. The third-order valence-electron chi connectivity index (χ3n) is 4.63. The van der Waals surface area contributed by atoms with Gasteiger partial charge in [-0.15, -0.1) is 34.2 Å². The van der Waals surface area contributed by atoms with Crippen molar-refractivity contribution >= 4 is 29.9 Å². The van der Waals surface area contributed by atoms with Crippen molar-refractivity contribution < 1.29 is 0 Å². The fourth-order valence-corrected chi connectivity index (χ4v) is 3.31. The summed E-state index contributed by atoms with van der Waals surface area (Å²) in [5, 5.41) is 11.1. The molecule has 3 rings (SSSR count). The van der Waals surface area contributed by atoms with Crippen LogP contribution in [0.15, 0.2) is 29.8 Å². The molecule has 1 unspecified atom stereocenters. The van der Waals surface area contributed by atoms with Gasteiger partial charge in [-0.25, -0.2) is 0 Å². The third-order valence-corrected chi connectivity index (χ3v) is 4.63. The van der Waals surface area contributed by atoms with Crippen LogP contribution in [0.1, 0.15) is 19.3 Å². The minimum absolute atomic E-state index is 0. The number of nitrogens with one attached hydrogen (secondary N) is 1. The third kappa shape index (κ3) is 5.17. The fraction of sp³-hybridized carbons (Fsp3) is 0.688. The van der Waals surface area contributed by atoms with Crippen molar-refractivity contribution in [2.24, 2.45) is 4.99 Å². The minimum atomic E-state index is 0. The lowest BCUT2D eigenvalue weighted by atomic mass is 10.2. The number of likely N-dealkylation sites (tertiary alicyclic amines) is 1. The summed E-state index contributed by atoms with van der Waals surface area (Å²) in [5.74, 6) is 1.05. The average molecular weight is 445 g/mol. The molecule has 0 saturated carbocycles. The molecule has 1 aromatic heterocycles. The maximum absolute atomic E-state index is 4.45. The predicted octanol–water partition coefficient (Wildman–Crippen LogP) is 1.20. The van der Waals surface area contributed by atoms with Crippen LogP contribution in [-0.4, -0.2) is 76.3 Å². The van der Waals surface area contributed by atoms with Crippen LogP contribution in [0.25, 0.3) is 0 Å². The molecule has 3 heterocycles. The van der Waals surface area contributed by atoms with E-state index in [1.165, 1.54) is 6.42 Å². The topological polar surface area (TPSA) is 61.6 Å². The molecule has 0 aromatic carbocycles. The lowest BCUT2D eigenvalue weighted by Gasteiger charge is -2.25. The molecule has 0 aliphatic carbocycles. The molecule has 1 fully saturated rings. The van der Waals surface area contributed by atoms with Crippen LogP contribution >= 0.6 is 24.0 Å². The molecule has 134 valence electrons. The van der Waals surface area contributed by atoms with Crippen molar-refractivity contribution in [2.45, 2.75) is 31.8 Å². The summed E-state index contributed by atoms with van der Waals surface area (Å²) in [5.41, 5.74) is 0. The Labute approximate surface area is 161 Å². The second-order valence-corrected chi connectivity index (χ2v) is 6.19. The number of halogens is 1. The van der Waals surface area contributed by atoms with E-state index in [-0.39, 0.29) is 24.0 Å². The van der Waals surface area contributed by atoms with Gasteiger partial charge in [0.05, 0.1) is 0 Å². The van der Waals surface area contributed by atoms with E-state index >= 15 is 0 Å². The monoisotopic (exact) mass is 445 g/mol. The van der Waals surface area contributed by atoms with Crippen LogP contribution in [0.3, 0.4) is 0 Å².